The standard InChI is InChI=1S/C21H28N8O8/c1-10-8-14(30)26-18(22-10)28-20(34)24-12(16(32)36-3)6-5-7-13(17(33)37-4)25-21(35)29-19-23-11(2)9-15(31)27-19/h8-9,12-13H,5-7H2,1-4H3,(H3,22,24,26,28,30,34)(H3,23,25,27,29,31,35). The van der Waals surface area contributed by atoms with Gasteiger partial charge in [-0.15, -0.1) is 0 Å². The number of ether oxygens (including phenoxy) is 2. The van der Waals surface area contributed by atoms with E-state index in [9.17, 15) is 28.8 Å². The lowest BCUT2D eigenvalue weighted by molar-refractivity contribution is -0.143. The van der Waals surface area contributed by atoms with E-state index in [1.54, 1.807) is 13.8 Å². The van der Waals surface area contributed by atoms with Crippen LogP contribution in [0.2, 0.25) is 0 Å². The van der Waals surface area contributed by atoms with Crippen molar-refractivity contribution < 1.29 is 28.7 Å². The topological polar surface area (TPSA) is 226 Å². The fourth-order valence-corrected chi connectivity index (χ4v) is 3.19. The Kier molecular flexibility index (Phi) is 10.3. The Morgan fingerprint density at radius 3 is 1.49 bits per heavy atom. The Morgan fingerprint density at radius 2 is 1.16 bits per heavy atom. The molecule has 2 rings (SSSR count). The van der Waals surface area contributed by atoms with Gasteiger partial charge in [0, 0.05) is 23.5 Å². The average Bonchev–Trinajstić information content (AvgIpc) is 2.80. The van der Waals surface area contributed by atoms with E-state index in [2.05, 4.69) is 41.2 Å². The number of aryl methyl sites for hydroxylation is 2. The van der Waals surface area contributed by atoms with Crippen LogP contribution in [0.5, 0.6) is 0 Å². The summed E-state index contributed by atoms with van der Waals surface area (Å²) < 4.78 is 9.43. The van der Waals surface area contributed by atoms with Crippen molar-refractivity contribution in [3.05, 3.63) is 44.2 Å². The first-order valence-corrected chi connectivity index (χ1v) is 11.0. The van der Waals surface area contributed by atoms with Gasteiger partial charge in [-0.05, 0) is 33.1 Å². The molecule has 0 aromatic carbocycles. The molecule has 16 heteroatoms. The minimum atomic E-state index is -1.12. The monoisotopic (exact) mass is 520 g/mol. The van der Waals surface area contributed by atoms with Crippen molar-refractivity contribution in [1.29, 1.82) is 0 Å². The molecular weight excluding hydrogens is 492 g/mol. The molecule has 2 heterocycles. The zero-order chi connectivity index (χ0) is 27.5. The normalized spacial score (nSPS) is 12.0. The highest BCUT2D eigenvalue weighted by atomic mass is 16.5. The molecule has 200 valence electrons. The summed E-state index contributed by atoms with van der Waals surface area (Å²) in [5, 5.41) is 9.47. The summed E-state index contributed by atoms with van der Waals surface area (Å²) in [6.07, 6.45) is 0.224. The van der Waals surface area contributed by atoms with Crippen molar-refractivity contribution in [3.8, 4) is 0 Å². The third kappa shape index (κ3) is 9.42. The van der Waals surface area contributed by atoms with Crippen molar-refractivity contribution in [2.75, 3.05) is 24.9 Å². The molecule has 0 bridgehead atoms. The van der Waals surface area contributed by atoms with Gasteiger partial charge < -0.3 is 30.1 Å². The molecule has 0 aliphatic heterocycles. The molecule has 0 aliphatic carbocycles. The van der Waals surface area contributed by atoms with Crippen LogP contribution in [-0.4, -0.2) is 70.2 Å². The number of hydrogen-bond acceptors (Lipinski definition) is 10. The van der Waals surface area contributed by atoms with Crippen molar-refractivity contribution in [2.45, 2.75) is 45.2 Å². The smallest absolute Gasteiger partial charge is 0.328 e. The van der Waals surface area contributed by atoms with Crippen LogP contribution in [0.15, 0.2) is 21.7 Å². The molecule has 0 spiro atoms. The predicted molar refractivity (Wildman–Crippen MR) is 129 cm³/mol. The van der Waals surface area contributed by atoms with Crippen LogP contribution in [0.1, 0.15) is 30.7 Å². The number of amides is 4. The lowest BCUT2D eigenvalue weighted by Crippen LogP contribution is -2.45. The summed E-state index contributed by atoms with van der Waals surface area (Å²) >= 11 is 0. The van der Waals surface area contributed by atoms with Crippen LogP contribution >= 0.6 is 0 Å². The lowest BCUT2D eigenvalue weighted by atomic mass is 10.1. The first kappa shape index (κ1) is 28.5. The Morgan fingerprint density at radius 1 is 0.784 bits per heavy atom. The highest BCUT2D eigenvalue weighted by Crippen LogP contribution is 2.09. The number of anilines is 2. The van der Waals surface area contributed by atoms with Gasteiger partial charge >= 0.3 is 24.0 Å². The molecule has 0 fully saturated rings. The highest BCUT2D eigenvalue weighted by Gasteiger charge is 2.25. The van der Waals surface area contributed by atoms with Crippen molar-refractivity contribution in [3.63, 3.8) is 0 Å². The quantitative estimate of drug-likeness (QED) is 0.223. The van der Waals surface area contributed by atoms with E-state index in [4.69, 9.17) is 9.47 Å². The minimum absolute atomic E-state index is 0.0292. The maximum absolute atomic E-state index is 12.3. The van der Waals surface area contributed by atoms with E-state index in [1.807, 2.05) is 0 Å². The molecule has 0 aliphatic rings. The van der Waals surface area contributed by atoms with Gasteiger partial charge in [-0.3, -0.25) is 20.2 Å². The number of nitrogens with zero attached hydrogens (tertiary/aromatic N) is 2. The zero-order valence-electron chi connectivity index (χ0n) is 20.6. The van der Waals surface area contributed by atoms with Gasteiger partial charge in [0.15, 0.2) is 0 Å². The van der Waals surface area contributed by atoms with Crippen LogP contribution in [0.4, 0.5) is 21.5 Å². The number of aromatic amines is 2. The third-order valence-corrected chi connectivity index (χ3v) is 4.79. The lowest BCUT2D eigenvalue weighted by Gasteiger charge is -2.19. The fourth-order valence-electron chi connectivity index (χ4n) is 3.19. The number of aromatic nitrogens is 4. The van der Waals surface area contributed by atoms with Gasteiger partial charge in [-0.1, -0.05) is 0 Å². The van der Waals surface area contributed by atoms with Crippen LogP contribution < -0.4 is 32.4 Å². The molecule has 0 radical (unpaired) electrons. The van der Waals surface area contributed by atoms with Gasteiger partial charge in [-0.25, -0.2) is 19.2 Å². The molecule has 37 heavy (non-hydrogen) atoms. The SMILES string of the molecule is COC(=O)C(CCCC(NC(=O)Nc1nc(=O)cc(C)[nH]1)C(=O)OC)NC(=O)Nc1nc(=O)cc(C)[nH]1. The van der Waals surface area contributed by atoms with E-state index in [1.165, 1.54) is 12.1 Å². The molecule has 2 aromatic rings. The number of hydrogen-bond donors (Lipinski definition) is 6. The summed E-state index contributed by atoms with van der Waals surface area (Å²) in [5.74, 6) is -1.74. The van der Waals surface area contributed by atoms with E-state index >= 15 is 0 Å². The second kappa shape index (κ2) is 13.4. The van der Waals surface area contributed by atoms with Crippen molar-refractivity contribution in [2.24, 2.45) is 0 Å². The fraction of sp³-hybridized carbons (Fsp3) is 0.429. The predicted octanol–water partition coefficient (Wildman–Crippen LogP) is -0.333. The summed E-state index contributed by atoms with van der Waals surface area (Å²) in [6.45, 7) is 3.21. The second-order valence-electron chi connectivity index (χ2n) is 7.78. The van der Waals surface area contributed by atoms with Gasteiger partial charge in [-0.2, -0.15) is 9.97 Å². The summed E-state index contributed by atoms with van der Waals surface area (Å²) in [4.78, 5) is 84.6. The third-order valence-electron chi connectivity index (χ3n) is 4.79. The molecule has 4 amide bonds. The first-order chi connectivity index (χ1) is 17.5. The van der Waals surface area contributed by atoms with Gasteiger partial charge in [0.25, 0.3) is 11.1 Å². The first-order valence-electron chi connectivity index (χ1n) is 11.0. The summed E-state index contributed by atoms with van der Waals surface area (Å²) in [6, 6.07) is -1.41. The Balaban J connectivity index is 1.98. The van der Waals surface area contributed by atoms with E-state index in [-0.39, 0.29) is 31.2 Å². The largest absolute Gasteiger partial charge is 0.467 e. The Labute approximate surface area is 210 Å². The van der Waals surface area contributed by atoms with Crippen LogP contribution in [0.25, 0.3) is 0 Å². The molecule has 16 nitrogen and oxygen atoms in total. The molecule has 2 unspecified atom stereocenters. The van der Waals surface area contributed by atoms with Gasteiger partial charge in [0.1, 0.15) is 12.1 Å². The summed E-state index contributed by atoms with van der Waals surface area (Å²) in [5.41, 5.74) is -0.193. The highest BCUT2D eigenvalue weighted by molar-refractivity contribution is 5.92. The molecule has 0 saturated carbocycles. The Hall–Kier alpha value is -4.76. The van der Waals surface area contributed by atoms with Gasteiger partial charge in [0.05, 0.1) is 14.2 Å². The molecule has 2 aromatic heterocycles. The molecule has 0 saturated heterocycles. The van der Waals surface area contributed by atoms with Crippen molar-refractivity contribution in [1.82, 2.24) is 30.6 Å². The van der Waals surface area contributed by atoms with Crippen LogP contribution in [-0.2, 0) is 19.1 Å². The number of nitrogens with one attached hydrogen (secondary N) is 6. The number of methoxy groups -OCH3 is 2. The number of rotatable bonds is 10. The zero-order valence-corrected chi connectivity index (χ0v) is 20.6. The Bertz CT molecular complexity index is 1160. The van der Waals surface area contributed by atoms with Crippen LogP contribution in [0.3, 0.4) is 0 Å². The van der Waals surface area contributed by atoms with Crippen LogP contribution in [0, 0.1) is 13.8 Å². The maximum atomic E-state index is 12.3. The average molecular weight is 521 g/mol. The number of esters is 2. The minimum Gasteiger partial charge on any atom is -0.467 e. The number of urea groups is 2. The van der Waals surface area contributed by atoms with Crippen molar-refractivity contribution >= 4 is 35.9 Å². The number of carbonyl (C=O) groups is 4. The number of H-pyrrole nitrogens is 2. The summed E-state index contributed by atoms with van der Waals surface area (Å²) in [7, 11) is 2.28. The van der Waals surface area contributed by atoms with Gasteiger partial charge in [0.2, 0.25) is 11.9 Å². The molecule has 6 N–H and O–H groups in total. The second-order valence-corrected chi connectivity index (χ2v) is 7.78. The van der Waals surface area contributed by atoms with E-state index < -0.39 is 47.2 Å². The van der Waals surface area contributed by atoms with E-state index in [0.717, 1.165) is 14.2 Å². The molecule has 2 atom stereocenters. The molecular formula is C21H28N8O8. The maximum Gasteiger partial charge on any atom is 0.328 e. The number of carbonyl (C=O) groups excluding carboxylic acids is 4. The van der Waals surface area contributed by atoms with E-state index in [0.29, 0.717) is 11.4 Å².